The molecule has 2 aromatic rings. The molecule has 0 fully saturated rings. The molecule has 1 N–H and O–H groups in total. The summed E-state index contributed by atoms with van der Waals surface area (Å²) in [5.74, 6) is 0.794. The Kier molecular flexibility index (Phi) is 5.92. The molecule has 3 rings (SSSR count). The van der Waals surface area contributed by atoms with E-state index in [-0.39, 0.29) is 23.9 Å². The van der Waals surface area contributed by atoms with Gasteiger partial charge < -0.3 is 14.4 Å². The molecule has 1 amide bonds. The maximum Gasteiger partial charge on any atom is 0.240 e. The Bertz CT molecular complexity index is 902. The molecule has 1 aliphatic rings. The van der Waals surface area contributed by atoms with E-state index in [1.54, 1.807) is 29.4 Å². The molecule has 0 spiro atoms. The van der Waals surface area contributed by atoms with Crippen molar-refractivity contribution in [2.24, 2.45) is 0 Å². The molecular formula is C18H21N3O5S. The van der Waals surface area contributed by atoms with Crippen molar-refractivity contribution in [3.63, 3.8) is 0 Å². The van der Waals surface area contributed by atoms with Gasteiger partial charge in [0.25, 0.3) is 0 Å². The van der Waals surface area contributed by atoms with Gasteiger partial charge in [0.05, 0.1) is 4.90 Å². The van der Waals surface area contributed by atoms with Crippen LogP contribution < -0.4 is 14.2 Å². The third kappa shape index (κ3) is 4.95. The van der Waals surface area contributed by atoms with Crippen molar-refractivity contribution in [3.8, 4) is 11.5 Å². The first-order chi connectivity index (χ1) is 13.0. The summed E-state index contributed by atoms with van der Waals surface area (Å²) in [5.41, 5.74) is 0.877. The first-order valence-corrected chi connectivity index (χ1v) is 9.98. The summed E-state index contributed by atoms with van der Waals surface area (Å²) in [5, 5.41) is 0. The minimum atomic E-state index is -3.72. The van der Waals surface area contributed by atoms with Gasteiger partial charge in [0.15, 0.2) is 11.5 Å². The number of rotatable bonds is 7. The number of benzene rings is 1. The van der Waals surface area contributed by atoms with Crippen LogP contribution in [0, 0.1) is 0 Å². The topological polar surface area (TPSA) is 97.8 Å². The van der Waals surface area contributed by atoms with Gasteiger partial charge in [0.2, 0.25) is 15.9 Å². The van der Waals surface area contributed by atoms with E-state index in [9.17, 15) is 13.2 Å². The van der Waals surface area contributed by atoms with Crippen molar-refractivity contribution < 1.29 is 22.7 Å². The standard InChI is InChI=1S/C18H21N3O5S/c1-14(22)21(13-15-3-2-6-19-12-15)8-7-20-27(23,24)16-4-5-17-18(11-16)26-10-9-25-17/h2-6,11-12,20H,7-10,13H2,1H3. The molecule has 8 nitrogen and oxygen atoms in total. The fourth-order valence-corrected chi connectivity index (χ4v) is 3.69. The summed E-state index contributed by atoms with van der Waals surface area (Å²) in [6.07, 6.45) is 3.33. The zero-order valence-corrected chi connectivity index (χ0v) is 15.7. The number of sulfonamides is 1. The third-order valence-corrected chi connectivity index (χ3v) is 5.50. The lowest BCUT2D eigenvalue weighted by atomic mass is 10.2. The van der Waals surface area contributed by atoms with Crippen molar-refractivity contribution >= 4 is 15.9 Å². The summed E-state index contributed by atoms with van der Waals surface area (Å²) >= 11 is 0. The zero-order chi connectivity index (χ0) is 19.3. The highest BCUT2D eigenvalue weighted by Crippen LogP contribution is 2.32. The zero-order valence-electron chi connectivity index (χ0n) is 14.9. The fourth-order valence-electron chi connectivity index (χ4n) is 2.65. The van der Waals surface area contributed by atoms with Crippen LogP contribution in [0.1, 0.15) is 12.5 Å². The summed E-state index contributed by atoms with van der Waals surface area (Å²) in [6.45, 7) is 2.98. The second-order valence-electron chi connectivity index (χ2n) is 6.01. The predicted octanol–water partition coefficient (Wildman–Crippen LogP) is 1.18. The van der Waals surface area contributed by atoms with Gasteiger partial charge in [-0.1, -0.05) is 6.07 Å². The molecular weight excluding hydrogens is 370 g/mol. The molecule has 0 saturated heterocycles. The minimum Gasteiger partial charge on any atom is -0.486 e. The molecule has 0 saturated carbocycles. The average Bonchev–Trinajstić information content (AvgIpc) is 2.67. The second-order valence-corrected chi connectivity index (χ2v) is 7.77. The molecule has 27 heavy (non-hydrogen) atoms. The number of carbonyl (C=O) groups excluding carboxylic acids is 1. The molecule has 0 bridgehead atoms. The van der Waals surface area contributed by atoms with Crippen molar-refractivity contribution in [2.45, 2.75) is 18.4 Å². The van der Waals surface area contributed by atoms with E-state index in [4.69, 9.17) is 9.47 Å². The van der Waals surface area contributed by atoms with Crippen molar-refractivity contribution in [3.05, 3.63) is 48.3 Å². The highest BCUT2D eigenvalue weighted by molar-refractivity contribution is 7.89. The molecule has 2 heterocycles. The van der Waals surface area contributed by atoms with Crippen LogP contribution >= 0.6 is 0 Å². The molecule has 9 heteroatoms. The van der Waals surface area contributed by atoms with Crippen LogP contribution in [0.4, 0.5) is 0 Å². The van der Waals surface area contributed by atoms with Crippen LogP contribution in [-0.4, -0.2) is 50.5 Å². The van der Waals surface area contributed by atoms with Gasteiger partial charge in [0, 0.05) is 45.0 Å². The van der Waals surface area contributed by atoms with Crippen molar-refractivity contribution in [1.29, 1.82) is 0 Å². The van der Waals surface area contributed by atoms with E-state index in [1.807, 2.05) is 6.07 Å². The summed E-state index contributed by atoms with van der Waals surface area (Å²) in [4.78, 5) is 17.5. The molecule has 0 aliphatic carbocycles. The van der Waals surface area contributed by atoms with E-state index in [0.29, 0.717) is 31.3 Å². The SMILES string of the molecule is CC(=O)N(CCNS(=O)(=O)c1ccc2c(c1)OCCO2)Cc1cccnc1. The number of aromatic nitrogens is 1. The lowest BCUT2D eigenvalue weighted by Crippen LogP contribution is -2.37. The number of carbonyl (C=O) groups is 1. The highest BCUT2D eigenvalue weighted by Gasteiger charge is 2.19. The van der Waals surface area contributed by atoms with Crippen LogP contribution in [0.2, 0.25) is 0 Å². The monoisotopic (exact) mass is 391 g/mol. The number of nitrogens with one attached hydrogen (secondary N) is 1. The molecule has 1 aromatic heterocycles. The van der Waals surface area contributed by atoms with Crippen molar-refractivity contribution in [2.75, 3.05) is 26.3 Å². The van der Waals surface area contributed by atoms with Gasteiger partial charge in [0.1, 0.15) is 13.2 Å². The Morgan fingerprint density at radius 1 is 1.22 bits per heavy atom. The summed E-state index contributed by atoms with van der Waals surface area (Å²) < 4.78 is 38.4. The maximum atomic E-state index is 12.5. The Morgan fingerprint density at radius 2 is 2.00 bits per heavy atom. The average molecular weight is 391 g/mol. The molecule has 1 aromatic carbocycles. The highest BCUT2D eigenvalue weighted by atomic mass is 32.2. The normalized spacial score (nSPS) is 13.2. The number of amides is 1. The van der Waals surface area contributed by atoms with Gasteiger partial charge in [-0.05, 0) is 23.8 Å². The fraction of sp³-hybridized carbons (Fsp3) is 0.333. The quantitative estimate of drug-likeness (QED) is 0.761. The number of hydrogen-bond acceptors (Lipinski definition) is 6. The van der Waals surface area contributed by atoms with E-state index >= 15 is 0 Å². The lowest BCUT2D eigenvalue weighted by Gasteiger charge is -2.21. The van der Waals surface area contributed by atoms with Crippen LogP contribution in [0.3, 0.4) is 0 Å². The van der Waals surface area contributed by atoms with E-state index in [0.717, 1.165) is 5.56 Å². The van der Waals surface area contributed by atoms with Crippen molar-refractivity contribution in [1.82, 2.24) is 14.6 Å². The Labute approximate surface area is 158 Å². The molecule has 0 radical (unpaired) electrons. The van der Waals surface area contributed by atoms with Crippen LogP contribution in [0.15, 0.2) is 47.6 Å². The largest absolute Gasteiger partial charge is 0.486 e. The third-order valence-electron chi connectivity index (χ3n) is 4.04. The predicted molar refractivity (Wildman–Crippen MR) is 97.9 cm³/mol. The number of hydrogen-bond donors (Lipinski definition) is 1. The van der Waals surface area contributed by atoms with Crippen LogP contribution in [0.5, 0.6) is 11.5 Å². The van der Waals surface area contributed by atoms with E-state index in [1.165, 1.54) is 19.1 Å². The molecule has 0 atom stereocenters. The molecule has 1 aliphatic heterocycles. The van der Waals surface area contributed by atoms with Gasteiger partial charge in [-0.25, -0.2) is 13.1 Å². The van der Waals surface area contributed by atoms with Crippen LogP contribution in [0.25, 0.3) is 0 Å². The molecule has 144 valence electrons. The lowest BCUT2D eigenvalue weighted by molar-refractivity contribution is -0.129. The van der Waals surface area contributed by atoms with Gasteiger partial charge in [-0.2, -0.15) is 0 Å². The summed E-state index contributed by atoms with van der Waals surface area (Å²) in [6, 6.07) is 8.14. The van der Waals surface area contributed by atoms with Crippen LogP contribution in [-0.2, 0) is 21.4 Å². The summed E-state index contributed by atoms with van der Waals surface area (Å²) in [7, 11) is -3.72. The second kappa shape index (κ2) is 8.36. The van der Waals surface area contributed by atoms with Gasteiger partial charge >= 0.3 is 0 Å². The van der Waals surface area contributed by atoms with Gasteiger partial charge in [-0.15, -0.1) is 0 Å². The number of fused-ring (bicyclic) bond motifs is 1. The maximum absolute atomic E-state index is 12.5. The van der Waals surface area contributed by atoms with E-state index in [2.05, 4.69) is 9.71 Å². The number of ether oxygens (including phenoxy) is 2. The molecule has 0 unspecified atom stereocenters. The number of nitrogens with zero attached hydrogens (tertiary/aromatic N) is 2. The Morgan fingerprint density at radius 3 is 2.70 bits per heavy atom. The Hall–Kier alpha value is -2.65. The Balaban J connectivity index is 1.61. The minimum absolute atomic E-state index is 0.0911. The number of pyridine rings is 1. The first kappa shape index (κ1) is 19.1. The first-order valence-electron chi connectivity index (χ1n) is 8.49. The van der Waals surface area contributed by atoms with E-state index < -0.39 is 10.0 Å². The smallest absolute Gasteiger partial charge is 0.240 e. The van der Waals surface area contributed by atoms with Gasteiger partial charge in [-0.3, -0.25) is 9.78 Å².